The lowest BCUT2D eigenvalue weighted by Gasteiger charge is -2.26. The van der Waals surface area contributed by atoms with E-state index in [4.69, 9.17) is 10.5 Å². The van der Waals surface area contributed by atoms with Crippen LogP contribution in [0.25, 0.3) is 0 Å². The molecule has 0 saturated heterocycles. The van der Waals surface area contributed by atoms with Gasteiger partial charge in [0, 0.05) is 22.3 Å². The molecule has 1 rings (SSSR count). The van der Waals surface area contributed by atoms with Gasteiger partial charge in [0.25, 0.3) is 0 Å². The molecule has 1 aromatic rings. The van der Waals surface area contributed by atoms with Gasteiger partial charge in [-0.3, -0.25) is 0 Å². The monoisotopic (exact) mass is 272 g/mol. The van der Waals surface area contributed by atoms with Crippen molar-refractivity contribution >= 4 is 15.9 Å². The van der Waals surface area contributed by atoms with E-state index in [1.165, 1.54) is 0 Å². The van der Waals surface area contributed by atoms with Gasteiger partial charge in [0.1, 0.15) is 6.61 Å². The van der Waals surface area contributed by atoms with Crippen LogP contribution in [0.2, 0.25) is 0 Å². The van der Waals surface area contributed by atoms with Crippen molar-refractivity contribution in [3.8, 4) is 5.88 Å². The molecule has 0 radical (unpaired) electrons. The summed E-state index contributed by atoms with van der Waals surface area (Å²) in [5, 5.41) is 0. The molecule has 2 N–H and O–H groups in total. The zero-order chi connectivity index (χ0) is 11.3. The summed E-state index contributed by atoms with van der Waals surface area (Å²) < 4.78 is 6.50. The Morgan fingerprint density at radius 3 is 2.53 bits per heavy atom. The normalized spacial score (nSPS) is 11.5. The minimum absolute atomic E-state index is 0.241. The number of rotatable bonds is 5. The van der Waals surface area contributed by atoms with Gasteiger partial charge in [-0.05, 0) is 34.8 Å². The van der Waals surface area contributed by atoms with E-state index < -0.39 is 0 Å². The Bertz CT molecular complexity index is 296. The molecular weight excluding hydrogens is 256 g/mol. The quantitative estimate of drug-likeness (QED) is 0.897. The Morgan fingerprint density at radius 1 is 1.40 bits per heavy atom. The molecule has 0 spiro atoms. The van der Waals surface area contributed by atoms with Crippen LogP contribution in [0.5, 0.6) is 5.88 Å². The smallest absolute Gasteiger partial charge is 0.213 e. The third-order valence-electron chi connectivity index (χ3n) is 2.62. The number of ether oxygens (including phenoxy) is 1. The lowest BCUT2D eigenvalue weighted by atomic mass is 9.96. The zero-order valence-corrected chi connectivity index (χ0v) is 10.8. The van der Waals surface area contributed by atoms with Crippen LogP contribution in [0.15, 0.2) is 22.8 Å². The maximum atomic E-state index is 6.11. The molecule has 1 aromatic heterocycles. The zero-order valence-electron chi connectivity index (χ0n) is 9.16. The van der Waals surface area contributed by atoms with Crippen LogP contribution in [0, 0.1) is 0 Å². The van der Waals surface area contributed by atoms with E-state index >= 15 is 0 Å². The van der Waals surface area contributed by atoms with Crippen molar-refractivity contribution in [1.29, 1.82) is 0 Å². The summed E-state index contributed by atoms with van der Waals surface area (Å²) >= 11 is 3.32. The first kappa shape index (κ1) is 12.5. The molecular formula is C11H17BrN2O. The lowest BCUT2D eigenvalue weighted by Crippen LogP contribution is -2.44. The van der Waals surface area contributed by atoms with Crippen molar-refractivity contribution in [2.45, 2.75) is 32.2 Å². The van der Waals surface area contributed by atoms with Gasteiger partial charge in [-0.25, -0.2) is 4.98 Å². The summed E-state index contributed by atoms with van der Waals surface area (Å²) in [5.74, 6) is 0.620. The van der Waals surface area contributed by atoms with Crippen LogP contribution in [-0.4, -0.2) is 17.1 Å². The van der Waals surface area contributed by atoms with Crippen LogP contribution in [0.4, 0.5) is 0 Å². The summed E-state index contributed by atoms with van der Waals surface area (Å²) in [6.07, 6.45) is 3.52. The highest BCUT2D eigenvalue weighted by molar-refractivity contribution is 9.10. The average Bonchev–Trinajstić information content (AvgIpc) is 2.28. The van der Waals surface area contributed by atoms with Crippen LogP contribution >= 0.6 is 15.9 Å². The van der Waals surface area contributed by atoms with Crippen molar-refractivity contribution in [3.05, 3.63) is 22.8 Å². The number of nitrogens with zero attached hydrogens (tertiary/aromatic N) is 1. The van der Waals surface area contributed by atoms with Crippen molar-refractivity contribution in [2.24, 2.45) is 5.73 Å². The topological polar surface area (TPSA) is 48.1 Å². The second kappa shape index (κ2) is 5.47. The van der Waals surface area contributed by atoms with E-state index in [-0.39, 0.29) is 5.54 Å². The molecule has 4 heteroatoms. The van der Waals surface area contributed by atoms with E-state index in [9.17, 15) is 0 Å². The number of hydrogen-bond acceptors (Lipinski definition) is 3. The highest BCUT2D eigenvalue weighted by atomic mass is 79.9. The van der Waals surface area contributed by atoms with Gasteiger partial charge in [0.15, 0.2) is 0 Å². The van der Waals surface area contributed by atoms with Crippen molar-refractivity contribution in [3.63, 3.8) is 0 Å². The highest BCUT2D eigenvalue weighted by Gasteiger charge is 2.21. The van der Waals surface area contributed by atoms with Gasteiger partial charge in [-0.15, -0.1) is 0 Å². The third-order valence-corrected chi connectivity index (χ3v) is 3.09. The van der Waals surface area contributed by atoms with E-state index in [0.717, 1.165) is 17.3 Å². The first-order valence-electron chi connectivity index (χ1n) is 5.13. The second-order valence-corrected chi connectivity index (χ2v) is 4.59. The first-order chi connectivity index (χ1) is 7.09. The standard InChI is InChI=1S/C11H17BrN2O/c1-3-11(13,4-2)8-15-10-6-5-9(12)7-14-10/h5-7H,3-4,8,13H2,1-2H3. The van der Waals surface area contributed by atoms with Gasteiger partial charge in [-0.1, -0.05) is 13.8 Å². The predicted octanol–water partition coefficient (Wildman–Crippen LogP) is 2.74. The average molecular weight is 273 g/mol. The van der Waals surface area contributed by atoms with Crippen molar-refractivity contribution in [1.82, 2.24) is 4.98 Å². The molecule has 0 bridgehead atoms. The Hall–Kier alpha value is -0.610. The molecule has 0 amide bonds. The van der Waals surface area contributed by atoms with Gasteiger partial charge in [-0.2, -0.15) is 0 Å². The Balaban J connectivity index is 2.53. The van der Waals surface area contributed by atoms with Gasteiger partial charge >= 0.3 is 0 Å². The van der Waals surface area contributed by atoms with E-state index in [1.807, 2.05) is 12.1 Å². The molecule has 3 nitrogen and oxygen atoms in total. The van der Waals surface area contributed by atoms with Gasteiger partial charge in [0.2, 0.25) is 5.88 Å². The van der Waals surface area contributed by atoms with E-state index in [2.05, 4.69) is 34.8 Å². The van der Waals surface area contributed by atoms with E-state index in [1.54, 1.807) is 6.20 Å². The van der Waals surface area contributed by atoms with E-state index in [0.29, 0.717) is 12.5 Å². The Morgan fingerprint density at radius 2 is 2.07 bits per heavy atom. The van der Waals surface area contributed by atoms with Crippen LogP contribution in [0.3, 0.4) is 0 Å². The van der Waals surface area contributed by atoms with Crippen molar-refractivity contribution in [2.75, 3.05) is 6.61 Å². The molecule has 0 atom stereocenters. The Kier molecular flexibility index (Phi) is 4.54. The maximum Gasteiger partial charge on any atom is 0.213 e. The van der Waals surface area contributed by atoms with Gasteiger partial charge in [0.05, 0.1) is 0 Å². The summed E-state index contributed by atoms with van der Waals surface area (Å²) in [7, 11) is 0. The maximum absolute atomic E-state index is 6.11. The number of pyridine rings is 1. The minimum Gasteiger partial charge on any atom is -0.476 e. The predicted molar refractivity (Wildman–Crippen MR) is 64.9 cm³/mol. The van der Waals surface area contributed by atoms with Crippen molar-refractivity contribution < 1.29 is 4.74 Å². The first-order valence-corrected chi connectivity index (χ1v) is 5.92. The number of halogens is 1. The summed E-state index contributed by atoms with van der Waals surface area (Å²) in [6.45, 7) is 4.65. The second-order valence-electron chi connectivity index (χ2n) is 3.67. The third kappa shape index (κ3) is 3.80. The molecule has 0 saturated carbocycles. The largest absolute Gasteiger partial charge is 0.476 e. The van der Waals surface area contributed by atoms with Gasteiger partial charge < -0.3 is 10.5 Å². The number of nitrogens with two attached hydrogens (primary N) is 1. The summed E-state index contributed by atoms with van der Waals surface area (Å²) in [4.78, 5) is 4.13. The molecule has 0 aliphatic rings. The Labute approximate surface area is 99.2 Å². The fourth-order valence-corrected chi connectivity index (χ4v) is 1.35. The molecule has 84 valence electrons. The molecule has 0 aliphatic heterocycles. The fraction of sp³-hybridized carbons (Fsp3) is 0.545. The SMILES string of the molecule is CCC(N)(CC)COc1ccc(Br)cn1. The van der Waals surface area contributed by atoms with Crippen LogP contribution in [-0.2, 0) is 0 Å². The minimum atomic E-state index is -0.241. The molecule has 0 fully saturated rings. The number of aromatic nitrogens is 1. The molecule has 0 unspecified atom stereocenters. The number of hydrogen-bond donors (Lipinski definition) is 1. The summed E-state index contributed by atoms with van der Waals surface area (Å²) in [5.41, 5.74) is 5.87. The van der Waals surface area contributed by atoms with Crippen LogP contribution in [0.1, 0.15) is 26.7 Å². The molecule has 0 aromatic carbocycles. The molecule has 0 aliphatic carbocycles. The molecule has 1 heterocycles. The fourth-order valence-electron chi connectivity index (χ4n) is 1.12. The summed E-state index contributed by atoms with van der Waals surface area (Å²) in [6, 6.07) is 3.73. The highest BCUT2D eigenvalue weighted by Crippen LogP contribution is 2.16. The van der Waals surface area contributed by atoms with Crippen LogP contribution < -0.4 is 10.5 Å². The lowest BCUT2D eigenvalue weighted by molar-refractivity contribution is 0.201. The molecule has 15 heavy (non-hydrogen) atoms.